The summed E-state index contributed by atoms with van der Waals surface area (Å²) in [5, 5.41) is 8.79. The highest BCUT2D eigenvalue weighted by Crippen LogP contribution is 2.37. The van der Waals surface area contributed by atoms with Crippen molar-refractivity contribution in [2.24, 2.45) is 0 Å². The van der Waals surface area contributed by atoms with Crippen molar-refractivity contribution in [1.82, 2.24) is 0 Å². The van der Waals surface area contributed by atoms with Crippen molar-refractivity contribution >= 4 is 21.7 Å². The maximum atomic E-state index is 13.1. The maximum Gasteiger partial charge on any atom is 0.416 e. The van der Waals surface area contributed by atoms with E-state index in [-0.39, 0.29) is 21.8 Å². The smallest absolute Gasteiger partial charge is 0.416 e. The van der Waals surface area contributed by atoms with Crippen molar-refractivity contribution < 1.29 is 36.2 Å². The first kappa shape index (κ1) is 22.2. The van der Waals surface area contributed by atoms with E-state index in [1.54, 1.807) is 30.3 Å². The van der Waals surface area contributed by atoms with Crippen LogP contribution in [0.3, 0.4) is 0 Å². The molecule has 0 amide bonds. The normalized spacial score (nSPS) is 11.7. The molecule has 0 atom stereocenters. The first-order valence-corrected chi connectivity index (χ1v) is 10.3. The fourth-order valence-electron chi connectivity index (χ4n) is 2.73. The Morgan fingerprint density at radius 1 is 0.968 bits per heavy atom. The summed E-state index contributed by atoms with van der Waals surface area (Å²) in [6.45, 7) is -0.744. The van der Waals surface area contributed by atoms with Gasteiger partial charge in [0.25, 0.3) is 10.0 Å². The van der Waals surface area contributed by atoms with Crippen LogP contribution in [-0.4, -0.2) is 26.1 Å². The molecule has 0 unspecified atom stereocenters. The van der Waals surface area contributed by atoms with Crippen LogP contribution in [0.1, 0.15) is 5.56 Å². The maximum absolute atomic E-state index is 13.1. The third-order valence-electron chi connectivity index (χ3n) is 4.16. The molecule has 0 fully saturated rings. The van der Waals surface area contributed by atoms with E-state index >= 15 is 0 Å². The number of benzene rings is 3. The number of rotatable bonds is 7. The predicted octanol–water partition coefficient (Wildman–Crippen LogP) is 4.64. The molecule has 0 bridgehead atoms. The molecule has 0 heterocycles. The van der Waals surface area contributed by atoms with E-state index in [1.807, 2.05) is 0 Å². The van der Waals surface area contributed by atoms with Gasteiger partial charge in [-0.2, -0.15) is 13.2 Å². The van der Waals surface area contributed by atoms with Crippen molar-refractivity contribution in [2.45, 2.75) is 11.1 Å². The van der Waals surface area contributed by atoms with Gasteiger partial charge in [0.2, 0.25) is 0 Å². The monoisotopic (exact) mass is 451 g/mol. The van der Waals surface area contributed by atoms with Crippen LogP contribution in [0.5, 0.6) is 5.75 Å². The fourth-order valence-corrected chi connectivity index (χ4v) is 3.79. The first-order valence-electron chi connectivity index (χ1n) is 8.80. The van der Waals surface area contributed by atoms with Gasteiger partial charge in [0, 0.05) is 11.3 Å². The predicted molar refractivity (Wildman–Crippen MR) is 107 cm³/mol. The highest BCUT2D eigenvalue weighted by molar-refractivity contribution is 7.92. The Hall–Kier alpha value is -3.53. The summed E-state index contributed by atoms with van der Waals surface area (Å²) >= 11 is 0. The van der Waals surface area contributed by atoms with E-state index in [1.165, 1.54) is 24.3 Å². The van der Waals surface area contributed by atoms with E-state index in [2.05, 4.69) is 4.72 Å². The molecule has 10 heteroatoms. The number of anilines is 1. The number of ether oxygens (including phenoxy) is 1. The lowest BCUT2D eigenvalue weighted by Gasteiger charge is -2.14. The van der Waals surface area contributed by atoms with E-state index in [0.717, 1.165) is 18.2 Å². The molecule has 6 nitrogen and oxygen atoms in total. The Balaban J connectivity index is 1.96. The van der Waals surface area contributed by atoms with Gasteiger partial charge in [-0.15, -0.1) is 0 Å². The summed E-state index contributed by atoms with van der Waals surface area (Å²) < 4.78 is 72.0. The largest absolute Gasteiger partial charge is 0.481 e. The minimum Gasteiger partial charge on any atom is -0.481 e. The number of carboxylic acids is 1. The molecule has 0 aliphatic carbocycles. The number of halogens is 3. The zero-order chi connectivity index (χ0) is 22.6. The van der Waals surface area contributed by atoms with Crippen LogP contribution in [0.15, 0.2) is 77.7 Å². The summed E-state index contributed by atoms with van der Waals surface area (Å²) in [7, 11) is -3.91. The van der Waals surface area contributed by atoms with Crippen LogP contribution < -0.4 is 9.46 Å². The summed E-state index contributed by atoms with van der Waals surface area (Å²) in [6.07, 6.45) is -4.62. The van der Waals surface area contributed by atoms with Gasteiger partial charge in [-0.25, -0.2) is 13.2 Å². The molecule has 162 valence electrons. The zero-order valence-corrected chi connectivity index (χ0v) is 16.6. The van der Waals surface area contributed by atoms with Gasteiger partial charge >= 0.3 is 12.1 Å². The molecular formula is C21H16F3NO5S. The van der Waals surface area contributed by atoms with Gasteiger partial charge < -0.3 is 9.84 Å². The molecule has 0 aliphatic rings. The third kappa shape index (κ3) is 5.54. The van der Waals surface area contributed by atoms with Gasteiger partial charge in [0.15, 0.2) is 6.61 Å². The van der Waals surface area contributed by atoms with E-state index in [4.69, 9.17) is 9.84 Å². The molecule has 3 aromatic carbocycles. The SMILES string of the molecule is O=C(O)COc1ccc(C(F)(F)F)cc1-c1ccc(S(=O)(=O)Nc2ccccc2)cc1. The van der Waals surface area contributed by atoms with Crippen molar-refractivity contribution in [1.29, 1.82) is 0 Å². The number of hydrogen-bond acceptors (Lipinski definition) is 4. The highest BCUT2D eigenvalue weighted by atomic mass is 32.2. The lowest BCUT2D eigenvalue weighted by Crippen LogP contribution is -2.13. The molecule has 31 heavy (non-hydrogen) atoms. The second-order valence-corrected chi connectivity index (χ2v) is 8.07. The minimum absolute atomic E-state index is 0.0176. The molecule has 0 spiro atoms. The Bertz CT molecular complexity index is 1180. The van der Waals surface area contributed by atoms with Crippen LogP contribution >= 0.6 is 0 Å². The second-order valence-electron chi connectivity index (χ2n) is 6.39. The first-order chi connectivity index (χ1) is 14.6. The Labute approximate surface area is 176 Å². The van der Waals surface area contributed by atoms with Crippen LogP contribution in [0.2, 0.25) is 0 Å². The number of alkyl halides is 3. The molecule has 0 radical (unpaired) electrons. The van der Waals surface area contributed by atoms with Crippen molar-refractivity contribution in [3.63, 3.8) is 0 Å². The van der Waals surface area contributed by atoms with Crippen molar-refractivity contribution in [3.8, 4) is 16.9 Å². The molecule has 0 aromatic heterocycles. The van der Waals surface area contributed by atoms with E-state index in [9.17, 15) is 26.4 Å². The summed E-state index contributed by atoms with van der Waals surface area (Å²) in [5.74, 6) is -1.37. The van der Waals surface area contributed by atoms with Crippen LogP contribution in [0, 0.1) is 0 Å². The Morgan fingerprint density at radius 2 is 1.61 bits per heavy atom. The van der Waals surface area contributed by atoms with Crippen LogP contribution in [0.4, 0.5) is 18.9 Å². The minimum atomic E-state index is -4.62. The average molecular weight is 451 g/mol. The molecule has 0 saturated heterocycles. The summed E-state index contributed by atoms with van der Waals surface area (Å²) in [4.78, 5) is 10.7. The second kappa shape index (κ2) is 8.68. The quantitative estimate of drug-likeness (QED) is 0.546. The molecule has 2 N–H and O–H groups in total. The number of carboxylic acid groups (broad SMARTS) is 1. The summed E-state index contributed by atoms with van der Waals surface area (Å²) in [6, 6.07) is 15.9. The average Bonchev–Trinajstić information content (AvgIpc) is 2.72. The van der Waals surface area contributed by atoms with Gasteiger partial charge in [-0.1, -0.05) is 30.3 Å². The molecule has 3 aromatic rings. The van der Waals surface area contributed by atoms with Gasteiger partial charge in [0.05, 0.1) is 10.5 Å². The molecule has 0 aliphatic heterocycles. The zero-order valence-electron chi connectivity index (χ0n) is 15.8. The number of aliphatic carboxylic acids is 1. The van der Waals surface area contributed by atoms with E-state index < -0.39 is 34.3 Å². The van der Waals surface area contributed by atoms with Crippen molar-refractivity contribution in [3.05, 3.63) is 78.4 Å². The van der Waals surface area contributed by atoms with Crippen LogP contribution in [-0.2, 0) is 21.0 Å². The number of sulfonamides is 1. The van der Waals surface area contributed by atoms with Gasteiger partial charge in [-0.05, 0) is 48.0 Å². The molecular weight excluding hydrogens is 435 g/mol. The van der Waals surface area contributed by atoms with Crippen LogP contribution in [0.25, 0.3) is 11.1 Å². The fraction of sp³-hybridized carbons (Fsp3) is 0.0952. The third-order valence-corrected chi connectivity index (χ3v) is 5.56. The van der Waals surface area contributed by atoms with Crippen molar-refractivity contribution in [2.75, 3.05) is 11.3 Å². The number of nitrogens with one attached hydrogen (secondary N) is 1. The Kier molecular flexibility index (Phi) is 6.21. The molecule has 0 saturated carbocycles. The lowest BCUT2D eigenvalue weighted by molar-refractivity contribution is -0.140. The highest BCUT2D eigenvalue weighted by Gasteiger charge is 2.31. The topological polar surface area (TPSA) is 92.7 Å². The number of para-hydroxylation sites is 1. The lowest BCUT2D eigenvalue weighted by atomic mass is 10.0. The number of carbonyl (C=O) groups is 1. The van der Waals surface area contributed by atoms with Gasteiger partial charge in [0.1, 0.15) is 5.75 Å². The van der Waals surface area contributed by atoms with Gasteiger partial charge in [-0.3, -0.25) is 4.72 Å². The number of hydrogen-bond donors (Lipinski definition) is 2. The molecule has 3 rings (SSSR count). The Morgan fingerprint density at radius 3 is 2.19 bits per heavy atom. The standard InChI is InChI=1S/C21H16F3NO5S/c22-21(23,24)15-8-11-19(30-13-20(26)27)18(12-15)14-6-9-17(10-7-14)31(28,29)25-16-4-2-1-3-5-16/h1-12,25H,13H2,(H,26,27). The van der Waals surface area contributed by atoms with E-state index in [0.29, 0.717) is 5.69 Å². The summed E-state index contributed by atoms with van der Waals surface area (Å²) in [5.41, 5.74) is -0.386.